The highest BCUT2D eigenvalue weighted by Gasteiger charge is 2.36. The number of aromatic nitrogens is 2. The number of hydrogen-bond acceptors (Lipinski definition) is 9. The average molecular weight is 984 g/mol. The molecule has 2 aliphatic heterocycles. The van der Waals surface area contributed by atoms with E-state index < -0.39 is 12.1 Å². The maximum absolute atomic E-state index is 12.6. The Labute approximate surface area is 353 Å². The number of Topliss-reactive ketones (excluding diaryl/α,β-unsaturated/α-hetero) is 1. The molecule has 0 unspecified atom stereocenters. The van der Waals surface area contributed by atoms with Gasteiger partial charge < -0.3 is 19.2 Å². The van der Waals surface area contributed by atoms with E-state index in [4.69, 9.17) is 13.9 Å². The maximum atomic E-state index is 12.6. The van der Waals surface area contributed by atoms with Gasteiger partial charge in [-0.2, -0.15) is 0 Å². The number of nitrogens with one attached hydrogen (secondary N) is 1. The van der Waals surface area contributed by atoms with Gasteiger partial charge in [0.2, 0.25) is 11.8 Å². The predicted octanol–water partition coefficient (Wildman–Crippen LogP) is 8.84. The van der Waals surface area contributed by atoms with Gasteiger partial charge in [0.05, 0.1) is 12.6 Å². The molecular weight excluding hydrogens is 940 g/mol. The number of hydrogen-bond donors (Lipinski definition) is 1. The Morgan fingerprint density at radius 1 is 0.696 bits per heavy atom. The molecule has 0 radical (unpaired) electrons. The summed E-state index contributed by atoms with van der Waals surface area (Å²) >= 11 is 4.41. The second-order valence-electron chi connectivity index (χ2n) is 12.9. The van der Waals surface area contributed by atoms with Crippen LogP contribution in [-0.4, -0.2) is 69.6 Å². The van der Waals surface area contributed by atoms with Crippen molar-refractivity contribution in [3.63, 3.8) is 0 Å². The van der Waals surface area contributed by atoms with Crippen LogP contribution in [0.2, 0.25) is 0 Å². The average Bonchev–Trinajstić information content (AvgIpc) is 4.02. The van der Waals surface area contributed by atoms with Crippen molar-refractivity contribution in [3.8, 4) is 11.5 Å². The summed E-state index contributed by atoms with van der Waals surface area (Å²) in [6.45, 7) is 1.41. The van der Waals surface area contributed by atoms with Gasteiger partial charge in [-0.25, -0.2) is 9.59 Å². The van der Waals surface area contributed by atoms with Crippen molar-refractivity contribution in [2.45, 2.75) is 58.4 Å². The summed E-state index contributed by atoms with van der Waals surface area (Å²) in [7, 11) is 0. The van der Waals surface area contributed by atoms with Gasteiger partial charge in [-0.1, -0.05) is 68.1 Å². The van der Waals surface area contributed by atoms with Crippen LogP contribution in [0, 0.1) is 7.14 Å². The summed E-state index contributed by atoms with van der Waals surface area (Å²) in [5.41, 5.74) is 3.22. The minimum atomic E-state index is -0.555. The fourth-order valence-electron chi connectivity index (χ4n) is 6.23. The zero-order valence-corrected chi connectivity index (χ0v) is 34.1. The summed E-state index contributed by atoms with van der Waals surface area (Å²) in [5, 5.41) is 11.0. The van der Waals surface area contributed by atoms with Gasteiger partial charge in [-0.15, -0.1) is 10.2 Å². The first-order valence-corrected chi connectivity index (χ1v) is 20.0. The highest BCUT2D eigenvalue weighted by Crippen LogP contribution is 2.33. The number of halogens is 2. The molecule has 2 saturated heterocycles. The highest BCUT2D eigenvalue weighted by atomic mass is 127. The molecule has 2 fully saturated rings. The molecule has 56 heavy (non-hydrogen) atoms. The molecule has 0 spiro atoms. The van der Waals surface area contributed by atoms with Crippen LogP contribution >= 0.6 is 45.2 Å². The van der Waals surface area contributed by atoms with E-state index in [1.165, 1.54) is 4.90 Å². The molecule has 5 aromatic rings. The molecule has 12 nitrogen and oxygen atoms in total. The van der Waals surface area contributed by atoms with E-state index in [0.717, 1.165) is 43.1 Å². The smallest absolute Gasteiger partial charge is 0.410 e. The number of benzene rings is 4. The second-order valence-corrected chi connectivity index (χ2v) is 15.4. The number of likely N-dealkylation sites (tertiary alicyclic amines) is 2. The first-order chi connectivity index (χ1) is 26.7. The van der Waals surface area contributed by atoms with Gasteiger partial charge in [-0.3, -0.25) is 19.4 Å². The lowest BCUT2D eigenvalue weighted by atomic mass is 10.1. The van der Waals surface area contributed by atoms with E-state index in [1.807, 2.05) is 97.1 Å². The predicted molar refractivity (Wildman–Crippen MR) is 227 cm³/mol. The van der Waals surface area contributed by atoms with E-state index >= 15 is 0 Å². The summed E-state index contributed by atoms with van der Waals surface area (Å²) in [4.78, 5) is 52.8. The van der Waals surface area contributed by atoms with Crippen LogP contribution in [0.4, 0.5) is 9.59 Å². The summed E-state index contributed by atoms with van der Waals surface area (Å²) < 4.78 is 18.8. The van der Waals surface area contributed by atoms with Gasteiger partial charge in [0.25, 0.3) is 5.91 Å². The lowest BCUT2D eigenvalue weighted by Crippen LogP contribution is -2.45. The monoisotopic (exact) mass is 983 g/mol. The van der Waals surface area contributed by atoms with Crippen molar-refractivity contribution in [2.75, 3.05) is 19.6 Å². The van der Waals surface area contributed by atoms with Crippen molar-refractivity contribution in [3.05, 3.63) is 139 Å². The number of ether oxygens (including phenoxy) is 2. The standard InChI is InChI=1S/C21H21IN2O4.C20H18IN3O3.CH4/c22-17-10-8-16(9-11-17)20(26)23-13-19(25)18-7-4-12-24(18)21(27)28-14-15-5-2-1-3-6-15;21-16-10-8-15(9-11-16)18-22-23-19(27-18)17-7-4-12-24(17)20(25)26-13-14-5-2-1-3-6-14;/h1-3,5-6,8-11,18H,4,7,12-14H2,(H,23,26);1-3,5-6,8-11,17H,4,7,12-13H2;1H4/t18-;17-;/m00./s1. The van der Waals surface area contributed by atoms with Crippen LogP contribution in [0.15, 0.2) is 114 Å². The molecule has 2 atom stereocenters. The Morgan fingerprint density at radius 2 is 1.23 bits per heavy atom. The zero-order chi connectivity index (χ0) is 38.6. The Balaban J connectivity index is 0.000000211. The second kappa shape index (κ2) is 20.9. The fraction of sp³-hybridized carbons (Fsp3) is 0.286. The molecule has 0 saturated carbocycles. The van der Waals surface area contributed by atoms with Crippen LogP contribution in [0.3, 0.4) is 0 Å². The van der Waals surface area contributed by atoms with Crippen LogP contribution < -0.4 is 5.32 Å². The first kappa shape index (κ1) is 42.3. The third-order valence-corrected chi connectivity index (χ3v) is 10.5. The third-order valence-electron chi connectivity index (χ3n) is 9.10. The SMILES string of the molecule is C.O=C(NCC(=O)[C@@H]1CCCN1C(=O)OCc1ccccc1)c1ccc(I)cc1.O=C(OCc1ccccc1)N1CCC[C@H]1c1nnc(-c2ccc(I)cc2)o1. The van der Waals surface area contributed by atoms with Gasteiger partial charge in [0.1, 0.15) is 19.3 Å². The first-order valence-electron chi connectivity index (χ1n) is 17.9. The van der Waals surface area contributed by atoms with Crippen LogP contribution in [0.5, 0.6) is 0 Å². The van der Waals surface area contributed by atoms with E-state index in [0.29, 0.717) is 36.9 Å². The summed E-state index contributed by atoms with van der Waals surface area (Å²) in [5.74, 6) is 0.428. The number of rotatable bonds is 10. The van der Waals surface area contributed by atoms with Crippen LogP contribution in [0.25, 0.3) is 11.5 Å². The van der Waals surface area contributed by atoms with E-state index in [-0.39, 0.29) is 51.0 Å². The molecule has 4 aromatic carbocycles. The molecular formula is C42H43I2N5O7. The lowest BCUT2D eigenvalue weighted by Gasteiger charge is -2.23. The minimum absolute atomic E-state index is 0. The molecule has 7 rings (SSSR count). The van der Waals surface area contributed by atoms with Crippen LogP contribution in [0.1, 0.15) is 66.5 Å². The number of nitrogens with zero attached hydrogens (tertiary/aromatic N) is 4. The third kappa shape index (κ3) is 11.6. The number of carbonyl (C=O) groups excluding carboxylic acids is 4. The summed E-state index contributed by atoms with van der Waals surface area (Å²) in [6, 6.07) is 33.2. The fourth-order valence-corrected chi connectivity index (χ4v) is 6.95. The van der Waals surface area contributed by atoms with Gasteiger partial charge >= 0.3 is 12.2 Å². The maximum Gasteiger partial charge on any atom is 0.410 e. The molecule has 292 valence electrons. The largest absolute Gasteiger partial charge is 0.445 e. The highest BCUT2D eigenvalue weighted by molar-refractivity contribution is 14.1. The molecule has 1 aromatic heterocycles. The molecule has 1 N–H and O–H groups in total. The minimum Gasteiger partial charge on any atom is -0.445 e. The normalized spacial score (nSPS) is 15.9. The van der Waals surface area contributed by atoms with Crippen molar-refractivity contribution >= 4 is 69.1 Å². The van der Waals surface area contributed by atoms with Crippen molar-refractivity contribution in [1.82, 2.24) is 25.3 Å². The van der Waals surface area contributed by atoms with Gasteiger partial charge in [0.15, 0.2) is 5.78 Å². The molecule has 14 heteroatoms. The van der Waals surface area contributed by atoms with Crippen molar-refractivity contribution < 1.29 is 33.1 Å². The number of ketones is 1. The zero-order valence-electron chi connectivity index (χ0n) is 29.8. The quantitative estimate of drug-likeness (QED) is 0.136. The topological polar surface area (TPSA) is 144 Å². The lowest BCUT2D eigenvalue weighted by molar-refractivity contribution is -0.122. The van der Waals surface area contributed by atoms with Crippen molar-refractivity contribution in [1.29, 1.82) is 0 Å². The number of amides is 3. The van der Waals surface area contributed by atoms with E-state index in [2.05, 4.69) is 60.7 Å². The molecule has 0 aliphatic carbocycles. The van der Waals surface area contributed by atoms with Crippen LogP contribution in [-0.2, 0) is 27.5 Å². The molecule has 2 aliphatic rings. The Morgan fingerprint density at radius 3 is 1.84 bits per heavy atom. The van der Waals surface area contributed by atoms with E-state index in [1.54, 1.807) is 17.0 Å². The number of carbonyl (C=O) groups is 4. The summed E-state index contributed by atoms with van der Waals surface area (Å²) in [6.07, 6.45) is 2.14. The molecule has 3 amide bonds. The van der Waals surface area contributed by atoms with Gasteiger partial charge in [-0.05, 0) is 131 Å². The Bertz CT molecular complexity index is 2050. The van der Waals surface area contributed by atoms with E-state index in [9.17, 15) is 19.2 Å². The van der Waals surface area contributed by atoms with Crippen molar-refractivity contribution in [2.24, 2.45) is 0 Å². The molecule has 3 heterocycles. The van der Waals surface area contributed by atoms with Gasteiger partial charge in [0, 0.05) is 31.4 Å². The Kier molecular flexibility index (Phi) is 15.8. The molecule has 0 bridgehead atoms. The Hall–Kier alpha value is -4.84.